The average Bonchev–Trinajstić information content (AvgIpc) is 2.63. The van der Waals surface area contributed by atoms with E-state index in [-0.39, 0.29) is 5.69 Å². The maximum absolute atomic E-state index is 12.2. The van der Waals surface area contributed by atoms with Gasteiger partial charge in [0.25, 0.3) is 0 Å². The molecule has 0 saturated heterocycles. The molecule has 0 aromatic carbocycles. The summed E-state index contributed by atoms with van der Waals surface area (Å²) in [6.45, 7) is 0. The highest BCUT2D eigenvalue weighted by Crippen LogP contribution is 2.33. The van der Waals surface area contributed by atoms with Crippen LogP contribution in [0.25, 0.3) is 0 Å². The maximum atomic E-state index is 12.2. The van der Waals surface area contributed by atoms with E-state index in [1.165, 1.54) is 12.3 Å². The van der Waals surface area contributed by atoms with Gasteiger partial charge in [0.05, 0.1) is 0 Å². The fourth-order valence-electron chi connectivity index (χ4n) is 1.03. The first kappa shape index (κ1) is 10.7. The molecule has 0 N–H and O–H groups in total. The molecule has 0 bridgehead atoms. The molecule has 1 aromatic rings. The van der Waals surface area contributed by atoms with Crippen LogP contribution in [0.2, 0.25) is 0 Å². The van der Waals surface area contributed by atoms with Crippen LogP contribution in [0.15, 0.2) is 39.6 Å². The highest BCUT2D eigenvalue weighted by Gasteiger charge is 2.49. The number of hydrogen-bond donors (Lipinski definition) is 0. The van der Waals surface area contributed by atoms with Gasteiger partial charge in [-0.1, -0.05) is 6.07 Å². The van der Waals surface area contributed by atoms with Crippen molar-refractivity contribution >= 4 is 5.84 Å². The number of rotatable bonds is 1. The maximum Gasteiger partial charge on any atom is 0.420 e. The SMILES string of the molecule is [O-]C1(C(F)(F)F)N=NC(c2ccccn2)=N1. The van der Waals surface area contributed by atoms with Crippen LogP contribution in [-0.2, 0) is 0 Å². The van der Waals surface area contributed by atoms with Crippen LogP contribution in [0.3, 0.4) is 0 Å². The van der Waals surface area contributed by atoms with Crippen LogP contribution in [-0.4, -0.2) is 22.8 Å². The molecule has 0 fully saturated rings. The molecule has 5 nitrogen and oxygen atoms in total. The van der Waals surface area contributed by atoms with E-state index in [2.05, 4.69) is 20.2 Å². The Morgan fingerprint density at radius 1 is 1.25 bits per heavy atom. The van der Waals surface area contributed by atoms with Gasteiger partial charge in [-0.15, -0.1) is 5.11 Å². The summed E-state index contributed by atoms with van der Waals surface area (Å²) < 4.78 is 36.7. The van der Waals surface area contributed by atoms with Crippen LogP contribution in [0.4, 0.5) is 13.2 Å². The fourth-order valence-corrected chi connectivity index (χ4v) is 1.03. The molecule has 0 aliphatic carbocycles. The van der Waals surface area contributed by atoms with Gasteiger partial charge in [-0.05, 0) is 12.1 Å². The van der Waals surface area contributed by atoms with E-state index >= 15 is 0 Å². The minimum atomic E-state index is -5.10. The third-order valence-electron chi connectivity index (χ3n) is 1.80. The molecule has 1 aliphatic heterocycles. The van der Waals surface area contributed by atoms with Gasteiger partial charge in [0, 0.05) is 6.20 Å². The molecule has 1 aromatic heterocycles. The summed E-state index contributed by atoms with van der Waals surface area (Å²) in [7, 11) is 0. The number of halogens is 3. The highest BCUT2D eigenvalue weighted by atomic mass is 19.4. The normalized spacial score (nSPS) is 24.6. The zero-order valence-electron chi connectivity index (χ0n) is 7.64. The molecule has 16 heavy (non-hydrogen) atoms. The van der Waals surface area contributed by atoms with Crippen molar-refractivity contribution in [2.75, 3.05) is 0 Å². The lowest BCUT2D eigenvalue weighted by Crippen LogP contribution is -2.52. The molecule has 1 aliphatic rings. The Morgan fingerprint density at radius 2 is 2.00 bits per heavy atom. The number of hydrogen-bond acceptors (Lipinski definition) is 5. The van der Waals surface area contributed by atoms with E-state index in [4.69, 9.17) is 0 Å². The van der Waals surface area contributed by atoms with Crippen molar-refractivity contribution in [3.8, 4) is 0 Å². The highest BCUT2D eigenvalue weighted by molar-refractivity contribution is 5.98. The van der Waals surface area contributed by atoms with Gasteiger partial charge in [0.15, 0.2) is 5.84 Å². The Bertz CT molecular complexity index is 456. The number of aromatic nitrogens is 1. The predicted octanol–water partition coefficient (Wildman–Crippen LogP) is 0.870. The number of nitrogens with zero attached hydrogens (tertiary/aromatic N) is 4. The van der Waals surface area contributed by atoms with Crippen molar-refractivity contribution in [3.63, 3.8) is 0 Å². The summed E-state index contributed by atoms with van der Waals surface area (Å²) in [5, 5.41) is 16.8. The summed E-state index contributed by atoms with van der Waals surface area (Å²) in [6, 6.07) is 4.50. The van der Waals surface area contributed by atoms with Crippen molar-refractivity contribution < 1.29 is 18.3 Å². The second-order valence-corrected chi connectivity index (χ2v) is 2.96. The zero-order chi connectivity index (χ0) is 11.8. The number of azo groups is 1. The smallest absolute Gasteiger partial charge is 0.420 e. The summed E-state index contributed by atoms with van der Waals surface area (Å²) in [6.07, 6.45) is -3.75. The average molecular weight is 229 g/mol. The van der Waals surface area contributed by atoms with E-state index in [1.54, 1.807) is 12.1 Å². The van der Waals surface area contributed by atoms with Crippen LogP contribution in [0, 0.1) is 0 Å². The van der Waals surface area contributed by atoms with Gasteiger partial charge in [-0.25, -0.2) is 4.99 Å². The first-order chi connectivity index (χ1) is 7.42. The molecule has 8 heteroatoms. The third kappa shape index (κ3) is 1.67. The molecule has 1 unspecified atom stereocenters. The Hall–Kier alpha value is -1.83. The lowest BCUT2D eigenvalue weighted by atomic mass is 10.3. The van der Waals surface area contributed by atoms with Crippen molar-refractivity contribution in [2.45, 2.75) is 12.0 Å². The third-order valence-corrected chi connectivity index (χ3v) is 1.80. The summed E-state index contributed by atoms with van der Waals surface area (Å²) in [4.78, 5) is 6.62. The molecule has 0 spiro atoms. The lowest BCUT2D eigenvalue weighted by Gasteiger charge is -2.29. The van der Waals surface area contributed by atoms with Crippen LogP contribution < -0.4 is 5.11 Å². The van der Waals surface area contributed by atoms with E-state index in [0.717, 1.165) is 0 Å². The minimum absolute atomic E-state index is 0.0771. The van der Waals surface area contributed by atoms with Gasteiger partial charge in [0.1, 0.15) is 5.69 Å². The molecule has 0 radical (unpaired) electrons. The van der Waals surface area contributed by atoms with Gasteiger partial charge < -0.3 is 5.11 Å². The Kier molecular flexibility index (Phi) is 2.23. The largest absolute Gasteiger partial charge is 0.806 e. The van der Waals surface area contributed by atoms with Gasteiger partial charge in [-0.2, -0.15) is 18.3 Å². The number of pyridine rings is 1. The van der Waals surface area contributed by atoms with Gasteiger partial charge >= 0.3 is 6.18 Å². The topological polar surface area (TPSA) is 73.0 Å². The van der Waals surface area contributed by atoms with Crippen molar-refractivity contribution in [2.24, 2.45) is 15.2 Å². The summed E-state index contributed by atoms with van der Waals surface area (Å²) in [5.74, 6) is -4.15. The standard InChI is InChI=1S/C8H4F3N4O/c9-7(10,11)8(16)13-6(14-15-8)5-3-1-2-4-12-5/h1-4H/q-1. The number of amidine groups is 1. The van der Waals surface area contributed by atoms with Gasteiger partial charge in [-0.3, -0.25) is 4.98 Å². The Balaban J connectivity index is 2.37. The van der Waals surface area contributed by atoms with E-state index in [0.29, 0.717) is 0 Å². The van der Waals surface area contributed by atoms with Crippen LogP contribution >= 0.6 is 0 Å². The number of aliphatic imine (C=N–C) groups is 1. The first-order valence-electron chi connectivity index (χ1n) is 4.14. The molecule has 0 amide bonds. The van der Waals surface area contributed by atoms with Crippen molar-refractivity contribution in [3.05, 3.63) is 30.1 Å². The molecular weight excluding hydrogens is 225 g/mol. The van der Waals surface area contributed by atoms with Crippen molar-refractivity contribution in [1.29, 1.82) is 0 Å². The summed E-state index contributed by atoms with van der Waals surface area (Å²) >= 11 is 0. The molecular formula is C8H4F3N4O-. The lowest BCUT2D eigenvalue weighted by molar-refractivity contribution is -0.534. The second-order valence-electron chi connectivity index (χ2n) is 2.96. The molecule has 2 rings (SSSR count). The monoisotopic (exact) mass is 229 g/mol. The van der Waals surface area contributed by atoms with Crippen molar-refractivity contribution in [1.82, 2.24) is 4.98 Å². The fraction of sp³-hybridized carbons (Fsp3) is 0.250. The number of alkyl halides is 3. The van der Waals surface area contributed by atoms with Crippen LogP contribution in [0.5, 0.6) is 0 Å². The quantitative estimate of drug-likeness (QED) is 0.716. The minimum Gasteiger partial charge on any atom is -0.806 e. The molecule has 84 valence electrons. The van der Waals surface area contributed by atoms with E-state index < -0.39 is 17.9 Å². The second kappa shape index (κ2) is 3.34. The zero-order valence-corrected chi connectivity index (χ0v) is 7.64. The molecule has 2 heterocycles. The van der Waals surface area contributed by atoms with Gasteiger partial charge in [0.2, 0.25) is 5.85 Å². The first-order valence-corrected chi connectivity index (χ1v) is 4.14. The Morgan fingerprint density at radius 3 is 2.50 bits per heavy atom. The molecule has 1 atom stereocenters. The van der Waals surface area contributed by atoms with E-state index in [9.17, 15) is 18.3 Å². The summed E-state index contributed by atoms with van der Waals surface area (Å²) in [5.41, 5.74) is 0.0771. The predicted molar refractivity (Wildman–Crippen MR) is 44.4 cm³/mol. The molecule has 0 saturated carbocycles. The van der Waals surface area contributed by atoms with E-state index in [1.807, 2.05) is 0 Å². The Labute approximate surface area is 87.4 Å². The van der Waals surface area contributed by atoms with Crippen LogP contribution in [0.1, 0.15) is 5.69 Å².